The molecule has 0 aromatic carbocycles. The minimum absolute atomic E-state index is 0.717. The third-order valence-electron chi connectivity index (χ3n) is 3.58. The minimum atomic E-state index is 0.717. The number of likely N-dealkylation sites (N-methyl/N-ethyl adjacent to an activating group) is 1. The van der Waals surface area contributed by atoms with Gasteiger partial charge in [-0.3, -0.25) is 0 Å². The summed E-state index contributed by atoms with van der Waals surface area (Å²) in [5, 5.41) is 6.25. The molecule has 0 amide bonds. The average molecular weight is 303 g/mol. The third kappa shape index (κ3) is 19.8. The summed E-state index contributed by atoms with van der Waals surface area (Å²) in [7, 11) is 3.96. The molecule has 0 aromatic heterocycles. The summed E-state index contributed by atoms with van der Waals surface area (Å²) < 4.78 is 10.9. The van der Waals surface area contributed by atoms with Crippen LogP contribution < -0.4 is 10.6 Å². The van der Waals surface area contributed by atoms with Crippen LogP contribution >= 0.6 is 0 Å². The van der Waals surface area contributed by atoms with Gasteiger partial charge >= 0.3 is 0 Å². The SMILES string of the molecule is CNCCCCCCCCCCCOCCOCCNC. The molecule has 0 bridgehead atoms. The fraction of sp³-hybridized carbons (Fsp3) is 1.00. The topological polar surface area (TPSA) is 42.5 Å². The Morgan fingerprint density at radius 2 is 0.952 bits per heavy atom. The highest BCUT2D eigenvalue weighted by Crippen LogP contribution is 2.09. The molecule has 0 aliphatic carbocycles. The molecule has 0 fully saturated rings. The van der Waals surface area contributed by atoms with E-state index in [0.29, 0.717) is 0 Å². The highest BCUT2D eigenvalue weighted by Gasteiger charge is 1.94. The molecule has 128 valence electrons. The van der Waals surface area contributed by atoms with E-state index in [9.17, 15) is 0 Å². The van der Waals surface area contributed by atoms with Crippen LogP contribution in [0, 0.1) is 0 Å². The smallest absolute Gasteiger partial charge is 0.0701 e. The predicted octanol–water partition coefficient (Wildman–Crippen LogP) is 2.97. The van der Waals surface area contributed by atoms with Crippen molar-refractivity contribution >= 4 is 0 Å². The fourth-order valence-electron chi connectivity index (χ4n) is 2.24. The summed E-state index contributed by atoms with van der Waals surface area (Å²) in [6, 6.07) is 0. The molecule has 0 rings (SSSR count). The maximum atomic E-state index is 5.55. The summed E-state index contributed by atoms with van der Waals surface area (Å²) in [6.45, 7) is 5.19. The predicted molar refractivity (Wildman–Crippen MR) is 91.0 cm³/mol. The zero-order valence-electron chi connectivity index (χ0n) is 14.4. The van der Waals surface area contributed by atoms with Gasteiger partial charge in [0.2, 0.25) is 0 Å². The van der Waals surface area contributed by atoms with Gasteiger partial charge in [0.15, 0.2) is 0 Å². The van der Waals surface area contributed by atoms with Crippen molar-refractivity contribution in [2.45, 2.75) is 57.8 Å². The van der Waals surface area contributed by atoms with Crippen molar-refractivity contribution in [3.63, 3.8) is 0 Å². The first-order valence-corrected chi connectivity index (χ1v) is 8.86. The summed E-state index contributed by atoms with van der Waals surface area (Å²) >= 11 is 0. The first-order valence-electron chi connectivity index (χ1n) is 8.86. The lowest BCUT2D eigenvalue weighted by Gasteiger charge is -2.06. The number of nitrogens with one attached hydrogen (secondary N) is 2. The van der Waals surface area contributed by atoms with Gasteiger partial charge in [-0.15, -0.1) is 0 Å². The molecule has 2 N–H and O–H groups in total. The molecule has 4 heteroatoms. The molecule has 0 unspecified atom stereocenters. The lowest BCUT2D eigenvalue weighted by Crippen LogP contribution is -2.16. The molecule has 0 aliphatic rings. The van der Waals surface area contributed by atoms with Crippen molar-refractivity contribution in [1.82, 2.24) is 10.6 Å². The van der Waals surface area contributed by atoms with Crippen LogP contribution in [-0.2, 0) is 9.47 Å². The Hall–Kier alpha value is -0.160. The molecule has 0 aromatic rings. The Morgan fingerprint density at radius 3 is 1.52 bits per heavy atom. The summed E-state index contributed by atoms with van der Waals surface area (Å²) in [5.74, 6) is 0. The fourth-order valence-corrected chi connectivity index (χ4v) is 2.24. The molecule has 0 heterocycles. The third-order valence-corrected chi connectivity index (χ3v) is 3.58. The summed E-state index contributed by atoms with van der Waals surface area (Å²) in [4.78, 5) is 0. The van der Waals surface area contributed by atoms with Crippen LogP contribution in [0.1, 0.15) is 57.8 Å². The van der Waals surface area contributed by atoms with E-state index in [4.69, 9.17) is 9.47 Å². The minimum Gasteiger partial charge on any atom is -0.379 e. The first-order chi connectivity index (χ1) is 10.4. The molecule has 0 spiro atoms. The highest BCUT2D eigenvalue weighted by atomic mass is 16.5. The van der Waals surface area contributed by atoms with Crippen LogP contribution in [0.25, 0.3) is 0 Å². The van der Waals surface area contributed by atoms with Crippen LogP contribution in [0.4, 0.5) is 0 Å². The second-order valence-electron chi connectivity index (χ2n) is 5.61. The highest BCUT2D eigenvalue weighted by molar-refractivity contribution is 4.48. The van der Waals surface area contributed by atoms with E-state index < -0.39 is 0 Å². The number of ether oxygens (including phenoxy) is 2. The van der Waals surface area contributed by atoms with Crippen LogP contribution in [0.2, 0.25) is 0 Å². The maximum absolute atomic E-state index is 5.55. The van der Waals surface area contributed by atoms with Crippen molar-refractivity contribution in [1.29, 1.82) is 0 Å². The van der Waals surface area contributed by atoms with Gasteiger partial charge < -0.3 is 20.1 Å². The van der Waals surface area contributed by atoms with E-state index >= 15 is 0 Å². The molecule has 21 heavy (non-hydrogen) atoms. The van der Waals surface area contributed by atoms with Gasteiger partial charge in [0, 0.05) is 13.2 Å². The zero-order valence-corrected chi connectivity index (χ0v) is 14.4. The first kappa shape index (κ1) is 20.8. The van der Waals surface area contributed by atoms with E-state index in [2.05, 4.69) is 10.6 Å². The van der Waals surface area contributed by atoms with Crippen molar-refractivity contribution in [3.8, 4) is 0 Å². The average Bonchev–Trinajstić information content (AvgIpc) is 2.50. The molecule has 0 saturated heterocycles. The zero-order chi connectivity index (χ0) is 15.4. The van der Waals surface area contributed by atoms with Gasteiger partial charge in [0.25, 0.3) is 0 Å². The number of rotatable bonds is 18. The molecule has 0 atom stereocenters. The van der Waals surface area contributed by atoms with Gasteiger partial charge in [-0.2, -0.15) is 0 Å². The Balaban J connectivity index is 2.90. The van der Waals surface area contributed by atoms with E-state index in [1.165, 1.54) is 64.3 Å². The lowest BCUT2D eigenvalue weighted by atomic mass is 10.1. The van der Waals surface area contributed by atoms with Gasteiger partial charge in [-0.1, -0.05) is 44.9 Å². The Bertz CT molecular complexity index is 162. The lowest BCUT2D eigenvalue weighted by molar-refractivity contribution is 0.0477. The number of unbranched alkanes of at least 4 members (excludes halogenated alkanes) is 8. The van der Waals surface area contributed by atoms with Crippen molar-refractivity contribution in [3.05, 3.63) is 0 Å². The molecule has 4 nitrogen and oxygen atoms in total. The monoisotopic (exact) mass is 302 g/mol. The maximum Gasteiger partial charge on any atom is 0.0701 e. The van der Waals surface area contributed by atoms with E-state index in [1.807, 2.05) is 14.1 Å². The van der Waals surface area contributed by atoms with E-state index in [1.54, 1.807) is 0 Å². The summed E-state index contributed by atoms with van der Waals surface area (Å²) in [6.07, 6.45) is 12.2. The quantitative estimate of drug-likeness (QED) is 0.382. The largest absolute Gasteiger partial charge is 0.379 e. The number of hydrogen-bond donors (Lipinski definition) is 2. The van der Waals surface area contributed by atoms with E-state index in [0.717, 1.165) is 33.0 Å². The van der Waals surface area contributed by atoms with Crippen LogP contribution in [0.3, 0.4) is 0 Å². The second kappa shape index (κ2) is 19.8. The second-order valence-corrected chi connectivity index (χ2v) is 5.61. The molecular weight excluding hydrogens is 264 g/mol. The van der Waals surface area contributed by atoms with Crippen molar-refractivity contribution in [2.75, 3.05) is 53.6 Å². The van der Waals surface area contributed by atoms with E-state index in [-0.39, 0.29) is 0 Å². The molecule has 0 aliphatic heterocycles. The van der Waals surface area contributed by atoms with Crippen molar-refractivity contribution in [2.24, 2.45) is 0 Å². The van der Waals surface area contributed by atoms with Gasteiger partial charge in [0.05, 0.1) is 19.8 Å². The van der Waals surface area contributed by atoms with Crippen molar-refractivity contribution < 1.29 is 9.47 Å². The van der Waals surface area contributed by atoms with Gasteiger partial charge in [-0.05, 0) is 33.5 Å². The molecule has 0 saturated carbocycles. The Kier molecular flexibility index (Phi) is 19.7. The van der Waals surface area contributed by atoms with Gasteiger partial charge in [0.1, 0.15) is 0 Å². The van der Waals surface area contributed by atoms with Crippen LogP contribution in [0.5, 0.6) is 0 Å². The van der Waals surface area contributed by atoms with Crippen LogP contribution in [-0.4, -0.2) is 53.6 Å². The normalized spacial score (nSPS) is 11.1. The standard InChI is InChI=1S/C17H38N2O2/c1-18-12-10-8-6-4-3-5-7-9-11-14-20-16-17-21-15-13-19-2/h18-19H,3-17H2,1-2H3. The van der Waals surface area contributed by atoms with Gasteiger partial charge in [-0.25, -0.2) is 0 Å². The Morgan fingerprint density at radius 1 is 0.476 bits per heavy atom. The van der Waals surface area contributed by atoms with Crippen LogP contribution in [0.15, 0.2) is 0 Å². The number of hydrogen-bond acceptors (Lipinski definition) is 4. The Labute approximate surface area is 132 Å². The molecule has 0 radical (unpaired) electrons. The molecular formula is C17H38N2O2. The summed E-state index contributed by atoms with van der Waals surface area (Å²) in [5.41, 5.74) is 0.